The number of methoxy groups -OCH3 is 1. The fourth-order valence-corrected chi connectivity index (χ4v) is 3.65. The molecule has 0 bridgehead atoms. The zero-order chi connectivity index (χ0) is 18.2. The van der Waals surface area contributed by atoms with Crippen molar-refractivity contribution in [3.63, 3.8) is 0 Å². The van der Waals surface area contributed by atoms with Gasteiger partial charge in [-0.3, -0.25) is 4.79 Å². The van der Waals surface area contributed by atoms with Crippen LogP contribution in [0.3, 0.4) is 0 Å². The number of carbonyl (C=O) groups is 1. The first-order valence-corrected chi connectivity index (χ1v) is 9.84. The monoisotopic (exact) mass is 353 g/mol. The Bertz CT molecular complexity index is 728. The van der Waals surface area contributed by atoms with Crippen LogP contribution in [0.1, 0.15) is 44.7 Å². The molecule has 2 rings (SSSR count). The Morgan fingerprint density at radius 1 is 1.29 bits per heavy atom. The second-order valence-electron chi connectivity index (χ2n) is 7.45. The Balaban J connectivity index is 2.05. The van der Waals surface area contributed by atoms with E-state index >= 15 is 0 Å². The molecule has 0 spiro atoms. The highest BCUT2D eigenvalue weighted by Crippen LogP contribution is 2.49. The predicted molar refractivity (Wildman–Crippen MR) is 95.2 cm³/mol. The third kappa shape index (κ3) is 3.58. The van der Waals surface area contributed by atoms with Crippen LogP contribution in [0.15, 0.2) is 18.2 Å². The topological polar surface area (TPSA) is 72.5 Å². The van der Waals surface area contributed by atoms with Crippen LogP contribution in [0, 0.1) is 6.92 Å². The summed E-state index contributed by atoms with van der Waals surface area (Å²) in [6.45, 7) is 7.12. The highest BCUT2D eigenvalue weighted by Gasteiger charge is 2.51. The van der Waals surface area contributed by atoms with Crippen molar-refractivity contribution < 1.29 is 17.9 Å². The van der Waals surface area contributed by atoms with Gasteiger partial charge < -0.3 is 10.1 Å². The molecular formula is C18H27NO4S. The minimum atomic E-state index is -3.23. The molecule has 6 heteroatoms. The number of hydrogen-bond donors (Lipinski definition) is 1. The molecule has 1 fully saturated rings. The summed E-state index contributed by atoms with van der Waals surface area (Å²) in [6.07, 6.45) is 1.55. The van der Waals surface area contributed by atoms with Gasteiger partial charge in [-0.1, -0.05) is 12.1 Å². The van der Waals surface area contributed by atoms with Gasteiger partial charge in [0.1, 0.15) is 5.75 Å². The maximum atomic E-state index is 12.6. The molecule has 1 saturated carbocycles. The summed E-state index contributed by atoms with van der Waals surface area (Å²) in [5, 5.41) is 2.81. The first kappa shape index (κ1) is 18.8. The molecule has 1 aliphatic rings. The minimum absolute atomic E-state index is 0.0461. The fraction of sp³-hybridized carbons (Fsp3) is 0.611. The third-order valence-corrected chi connectivity index (χ3v) is 7.34. The Labute approximate surface area is 144 Å². The van der Waals surface area contributed by atoms with E-state index in [1.54, 1.807) is 27.9 Å². The Morgan fingerprint density at radius 3 is 2.42 bits per heavy atom. The Kier molecular flexibility index (Phi) is 5.00. The van der Waals surface area contributed by atoms with Crippen molar-refractivity contribution in [2.24, 2.45) is 0 Å². The maximum absolute atomic E-state index is 12.6. The first-order chi connectivity index (χ1) is 11.0. The lowest BCUT2D eigenvalue weighted by Crippen LogP contribution is -2.40. The summed E-state index contributed by atoms with van der Waals surface area (Å²) in [4.78, 5) is 12.6. The van der Waals surface area contributed by atoms with Gasteiger partial charge in [0.15, 0.2) is 9.84 Å². The number of hydrogen-bond acceptors (Lipinski definition) is 4. The molecule has 0 radical (unpaired) electrons. The molecule has 1 aliphatic carbocycles. The highest BCUT2D eigenvalue weighted by atomic mass is 32.2. The SMILES string of the molecule is COc1cc(C2(C(=O)NCCS(=O)(=O)C(C)(C)C)CC2)ccc1C. The third-order valence-electron chi connectivity index (χ3n) is 4.73. The maximum Gasteiger partial charge on any atom is 0.230 e. The highest BCUT2D eigenvalue weighted by molar-refractivity contribution is 7.92. The Morgan fingerprint density at radius 2 is 1.92 bits per heavy atom. The number of sulfone groups is 1. The molecular weight excluding hydrogens is 326 g/mol. The molecule has 0 saturated heterocycles. The summed E-state index contributed by atoms with van der Waals surface area (Å²) in [5.41, 5.74) is 1.42. The summed E-state index contributed by atoms with van der Waals surface area (Å²) >= 11 is 0. The Hall–Kier alpha value is -1.56. The van der Waals surface area contributed by atoms with Crippen LogP contribution in [-0.4, -0.2) is 38.5 Å². The van der Waals surface area contributed by atoms with E-state index in [2.05, 4.69) is 5.32 Å². The lowest BCUT2D eigenvalue weighted by molar-refractivity contribution is -0.123. The van der Waals surface area contributed by atoms with Crippen molar-refractivity contribution in [2.45, 2.75) is 50.7 Å². The molecule has 0 aromatic heterocycles. The first-order valence-electron chi connectivity index (χ1n) is 8.19. The smallest absolute Gasteiger partial charge is 0.230 e. The second kappa shape index (κ2) is 6.39. The summed E-state index contributed by atoms with van der Waals surface area (Å²) in [5.74, 6) is 0.620. The van der Waals surface area contributed by atoms with E-state index in [-0.39, 0.29) is 18.2 Å². The molecule has 1 amide bonds. The van der Waals surface area contributed by atoms with E-state index in [4.69, 9.17) is 4.74 Å². The van der Waals surface area contributed by atoms with Crippen molar-refractivity contribution in [1.29, 1.82) is 0 Å². The van der Waals surface area contributed by atoms with Crippen LogP contribution >= 0.6 is 0 Å². The zero-order valence-corrected chi connectivity index (χ0v) is 15.9. The van der Waals surface area contributed by atoms with Gasteiger partial charge in [-0.25, -0.2) is 8.42 Å². The van der Waals surface area contributed by atoms with E-state index in [1.807, 2.05) is 25.1 Å². The largest absolute Gasteiger partial charge is 0.496 e. The molecule has 134 valence electrons. The van der Waals surface area contributed by atoms with Crippen LogP contribution in [0.25, 0.3) is 0 Å². The van der Waals surface area contributed by atoms with E-state index < -0.39 is 20.0 Å². The number of rotatable bonds is 6. The average Bonchev–Trinajstić information content (AvgIpc) is 3.28. The molecule has 0 heterocycles. The van der Waals surface area contributed by atoms with Gasteiger partial charge in [-0.05, 0) is 57.7 Å². The van der Waals surface area contributed by atoms with Gasteiger partial charge in [0.2, 0.25) is 5.91 Å². The number of amides is 1. The number of ether oxygens (including phenoxy) is 1. The molecule has 0 aliphatic heterocycles. The van der Waals surface area contributed by atoms with Crippen LogP contribution in [-0.2, 0) is 20.0 Å². The van der Waals surface area contributed by atoms with Gasteiger partial charge in [-0.2, -0.15) is 0 Å². The molecule has 0 atom stereocenters. The lowest BCUT2D eigenvalue weighted by Gasteiger charge is -2.21. The molecule has 24 heavy (non-hydrogen) atoms. The van der Waals surface area contributed by atoms with Crippen LogP contribution in [0.5, 0.6) is 5.75 Å². The standard InChI is InChI=1S/C18H27NO4S/c1-13-6-7-14(12-15(13)23-5)18(8-9-18)16(20)19-10-11-24(21,22)17(2,3)4/h6-7,12H,8-11H2,1-5H3,(H,19,20). The average molecular weight is 353 g/mol. The normalized spacial score (nSPS) is 16.5. The number of aryl methyl sites for hydroxylation is 1. The van der Waals surface area contributed by atoms with Crippen LogP contribution in [0.4, 0.5) is 0 Å². The number of nitrogens with one attached hydrogen (secondary N) is 1. The van der Waals surface area contributed by atoms with E-state index in [9.17, 15) is 13.2 Å². The lowest BCUT2D eigenvalue weighted by atomic mass is 9.93. The van der Waals surface area contributed by atoms with Crippen molar-refractivity contribution in [3.05, 3.63) is 29.3 Å². The van der Waals surface area contributed by atoms with Crippen molar-refractivity contribution in [1.82, 2.24) is 5.32 Å². The molecule has 1 aromatic carbocycles. The quantitative estimate of drug-likeness (QED) is 0.852. The van der Waals surface area contributed by atoms with Gasteiger partial charge in [-0.15, -0.1) is 0 Å². The van der Waals surface area contributed by atoms with Gasteiger partial charge in [0, 0.05) is 6.54 Å². The van der Waals surface area contributed by atoms with Gasteiger partial charge in [0.25, 0.3) is 0 Å². The number of benzene rings is 1. The van der Waals surface area contributed by atoms with E-state index in [1.165, 1.54) is 0 Å². The molecule has 0 unspecified atom stereocenters. The minimum Gasteiger partial charge on any atom is -0.496 e. The number of carbonyl (C=O) groups excluding carboxylic acids is 1. The predicted octanol–water partition coefficient (Wildman–Crippen LogP) is 2.36. The zero-order valence-electron chi connectivity index (χ0n) is 15.1. The summed E-state index contributed by atoms with van der Waals surface area (Å²) in [7, 11) is -1.62. The molecule has 1 N–H and O–H groups in total. The van der Waals surface area contributed by atoms with E-state index in [0.717, 1.165) is 29.7 Å². The van der Waals surface area contributed by atoms with Crippen LogP contribution in [0.2, 0.25) is 0 Å². The van der Waals surface area contributed by atoms with Crippen molar-refractivity contribution in [2.75, 3.05) is 19.4 Å². The van der Waals surface area contributed by atoms with E-state index in [0.29, 0.717) is 0 Å². The van der Waals surface area contributed by atoms with Gasteiger partial charge in [0.05, 0.1) is 23.0 Å². The second-order valence-corrected chi connectivity index (χ2v) is 10.3. The molecule has 5 nitrogen and oxygen atoms in total. The van der Waals surface area contributed by atoms with Crippen LogP contribution < -0.4 is 10.1 Å². The summed E-state index contributed by atoms with van der Waals surface area (Å²) in [6, 6.07) is 5.82. The fourth-order valence-electron chi connectivity index (χ4n) is 2.66. The van der Waals surface area contributed by atoms with Crippen molar-refractivity contribution in [3.8, 4) is 5.75 Å². The van der Waals surface area contributed by atoms with Gasteiger partial charge >= 0.3 is 0 Å². The van der Waals surface area contributed by atoms with Crippen molar-refractivity contribution >= 4 is 15.7 Å². The molecule has 1 aromatic rings. The summed E-state index contributed by atoms with van der Waals surface area (Å²) < 4.78 is 28.8.